The van der Waals surface area contributed by atoms with Gasteiger partial charge in [-0.05, 0) is 50.6 Å². The molecule has 0 heterocycles. The molecule has 0 saturated heterocycles. The van der Waals surface area contributed by atoms with E-state index >= 15 is 0 Å². The Bertz CT molecular complexity index is 802. The number of amides is 2. The van der Waals surface area contributed by atoms with Crippen molar-refractivity contribution in [3.8, 4) is 11.5 Å². The van der Waals surface area contributed by atoms with Crippen LogP contribution in [0, 0.1) is 6.92 Å². The maximum atomic E-state index is 12.7. The summed E-state index contributed by atoms with van der Waals surface area (Å²) in [4.78, 5) is 24.0. The summed E-state index contributed by atoms with van der Waals surface area (Å²) in [6.45, 7) is 8.05. The van der Waals surface area contributed by atoms with E-state index in [1.54, 1.807) is 30.3 Å². The second kappa shape index (κ2) is 8.89. The molecule has 0 aliphatic carbocycles. The first-order valence-electron chi connectivity index (χ1n) is 8.53. The number of aryl methyl sites for hydroxylation is 1. The van der Waals surface area contributed by atoms with Crippen molar-refractivity contribution < 1.29 is 19.1 Å². The predicted molar refractivity (Wildman–Crippen MR) is 102 cm³/mol. The SMILES string of the molecule is CCOc1ccc(C(=O)Nc2ccc(C)c(NC(C)=O)c2)c(OCC)c1. The molecule has 0 fully saturated rings. The molecule has 0 aliphatic rings. The van der Waals surface area contributed by atoms with Crippen LogP contribution in [0.2, 0.25) is 0 Å². The summed E-state index contributed by atoms with van der Waals surface area (Å²) in [6, 6.07) is 10.5. The van der Waals surface area contributed by atoms with Crippen LogP contribution in [0.3, 0.4) is 0 Å². The van der Waals surface area contributed by atoms with Crippen LogP contribution in [0.15, 0.2) is 36.4 Å². The van der Waals surface area contributed by atoms with E-state index < -0.39 is 0 Å². The number of ether oxygens (including phenoxy) is 2. The maximum absolute atomic E-state index is 12.7. The Labute approximate surface area is 153 Å². The van der Waals surface area contributed by atoms with Gasteiger partial charge in [0.1, 0.15) is 11.5 Å². The van der Waals surface area contributed by atoms with E-state index in [0.29, 0.717) is 41.7 Å². The lowest BCUT2D eigenvalue weighted by atomic mass is 10.1. The second-order valence-electron chi connectivity index (χ2n) is 5.69. The first-order chi connectivity index (χ1) is 12.4. The van der Waals surface area contributed by atoms with Gasteiger partial charge in [0.05, 0.1) is 18.8 Å². The fraction of sp³-hybridized carbons (Fsp3) is 0.300. The summed E-state index contributed by atoms with van der Waals surface area (Å²) in [5.41, 5.74) is 2.57. The highest BCUT2D eigenvalue weighted by Crippen LogP contribution is 2.27. The zero-order valence-electron chi connectivity index (χ0n) is 15.5. The molecule has 0 saturated carbocycles. The number of hydrogen-bond acceptors (Lipinski definition) is 4. The van der Waals surface area contributed by atoms with Gasteiger partial charge < -0.3 is 20.1 Å². The van der Waals surface area contributed by atoms with Crippen LogP contribution in [0.4, 0.5) is 11.4 Å². The fourth-order valence-electron chi connectivity index (χ4n) is 2.44. The molecule has 6 nitrogen and oxygen atoms in total. The molecule has 2 aromatic carbocycles. The van der Waals surface area contributed by atoms with Gasteiger partial charge in [0.25, 0.3) is 5.91 Å². The van der Waals surface area contributed by atoms with Gasteiger partial charge in [-0.1, -0.05) is 6.07 Å². The molecule has 138 valence electrons. The van der Waals surface area contributed by atoms with Crippen molar-refractivity contribution in [3.63, 3.8) is 0 Å². The van der Waals surface area contributed by atoms with Crippen molar-refractivity contribution in [1.29, 1.82) is 0 Å². The highest BCUT2D eigenvalue weighted by Gasteiger charge is 2.15. The molecule has 2 amide bonds. The summed E-state index contributed by atoms with van der Waals surface area (Å²) in [5, 5.41) is 5.59. The number of nitrogens with one attached hydrogen (secondary N) is 2. The summed E-state index contributed by atoms with van der Waals surface area (Å²) in [5.74, 6) is 0.650. The minimum Gasteiger partial charge on any atom is -0.494 e. The molecule has 2 aromatic rings. The van der Waals surface area contributed by atoms with Crippen LogP contribution in [-0.4, -0.2) is 25.0 Å². The standard InChI is InChI=1S/C20H24N2O4/c1-5-25-16-9-10-17(19(12-16)26-6-2)20(24)22-15-8-7-13(3)18(11-15)21-14(4)23/h7-12H,5-6H2,1-4H3,(H,21,23)(H,22,24). The van der Waals surface area contributed by atoms with Crippen molar-refractivity contribution in [2.24, 2.45) is 0 Å². The third-order valence-electron chi connectivity index (χ3n) is 3.61. The largest absolute Gasteiger partial charge is 0.494 e. The van der Waals surface area contributed by atoms with Gasteiger partial charge in [0.15, 0.2) is 0 Å². The van der Waals surface area contributed by atoms with Crippen molar-refractivity contribution in [1.82, 2.24) is 0 Å². The Hall–Kier alpha value is -3.02. The van der Waals surface area contributed by atoms with Crippen molar-refractivity contribution >= 4 is 23.2 Å². The third kappa shape index (κ3) is 4.99. The number of carbonyl (C=O) groups excluding carboxylic acids is 2. The molecule has 2 N–H and O–H groups in total. The highest BCUT2D eigenvalue weighted by molar-refractivity contribution is 6.06. The Balaban J connectivity index is 2.25. The molecular weight excluding hydrogens is 332 g/mol. The van der Waals surface area contributed by atoms with E-state index in [4.69, 9.17) is 9.47 Å². The van der Waals surface area contributed by atoms with E-state index in [-0.39, 0.29) is 11.8 Å². The molecule has 0 aromatic heterocycles. The molecule has 26 heavy (non-hydrogen) atoms. The van der Waals surface area contributed by atoms with Crippen molar-refractivity contribution in [2.45, 2.75) is 27.7 Å². The van der Waals surface area contributed by atoms with E-state index in [1.165, 1.54) is 6.92 Å². The number of hydrogen-bond donors (Lipinski definition) is 2. The van der Waals surface area contributed by atoms with E-state index in [2.05, 4.69) is 10.6 Å². The van der Waals surface area contributed by atoms with Crippen LogP contribution in [-0.2, 0) is 4.79 Å². The minimum atomic E-state index is -0.297. The van der Waals surface area contributed by atoms with E-state index in [0.717, 1.165) is 5.56 Å². The minimum absolute atomic E-state index is 0.165. The Morgan fingerprint density at radius 1 is 0.962 bits per heavy atom. The van der Waals surface area contributed by atoms with Crippen LogP contribution in [0.5, 0.6) is 11.5 Å². The smallest absolute Gasteiger partial charge is 0.259 e. The summed E-state index contributed by atoms with van der Waals surface area (Å²) >= 11 is 0. The summed E-state index contributed by atoms with van der Waals surface area (Å²) < 4.78 is 11.0. The predicted octanol–water partition coefficient (Wildman–Crippen LogP) is 4.00. The molecule has 6 heteroatoms. The van der Waals surface area contributed by atoms with Gasteiger partial charge in [-0.3, -0.25) is 9.59 Å². The normalized spacial score (nSPS) is 10.2. The maximum Gasteiger partial charge on any atom is 0.259 e. The Kier molecular flexibility index (Phi) is 6.60. The zero-order valence-corrected chi connectivity index (χ0v) is 15.5. The van der Waals surface area contributed by atoms with Gasteiger partial charge in [-0.15, -0.1) is 0 Å². The zero-order chi connectivity index (χ0) is 19.1. The monoisotopic (exact) mass is 356 g/mol. The van der Waals surface area contributed by atoms with Crippen LogP contribution >= 0.6 is 0 Å². The molecule has 0 bridgehead atoms. The topological polar surface area (TPSA) is 76.7 Å². The molecule has 2 rings (SSSR count). The lowest BCUT2D eigenvalue weighted by Crippen LogP contribution is -2.14. The average Bonchev–Trinajstić information content (AvgIpc) is 2.58. The van der Waals surface area contributed by atoms with Gasteiger partial charge in [-0.2, -0.15) is 0 Å². The number of anilines is 2. The van der Waals surface area contributed by atoms with Gasteiger partial charge >= 0.3 is 0 Å². The van der Waals surface area contributed by atoms with Crippen molar-refractivity contribution in [2.75, 3.05) is 23.8 Å². The van der Waals surface area contributed by atoms with E-state index in [1.807, 2.05) is 26.8 Å². The molecule has 0 spiro atoms. The lowest BCUT2D eigenvalue weighted by Gasteiger charge is -2.14. The number of rotatable bonds is 7. The second-order valence-corrected chi connectivity index (χ2v) is 5.69. The summed E-state index contributed by atoms with van der Waals surface area (Å²) in [7, 11) is 0. The van der Waals surface area contributed by atoms with Crippen molar-refractivity contribution in [3.05, 3.63) is 47.5 Å². The average molecular weight is 356 g/mol. The van der Waals surface area contributed by atoms with Crippen LogP contribution in [0.1, 0.15) is 36.7 Å². The molecule has 0 atom stereocenters. The highest BCUT2D eigenvalue weighted by atomic mass is 16.5. The first-order valence-corrected chi connectivity index (χ1v) is 8.53. The van der Waals surface area contributed by atoms with Gasteiger partial charge in [0, 0.05) is 24.4 Å². The molecule has 0 unspecified atom stereocenters. The quantitative estimate of drug-likeness (QED) is 0.786. The third-order valence-corrected chi connectivity index (χ3v) is 3.61. The first kappa shape index (κ1) is 19.3. The Morgan fingerprint density at radius 2 is 1.69 bits per heavy atom. The lowest BCUT2D eigenvalue weighted by molar-refractivity contribution is -0.114. The summed E-state index contributed by atoms with van der Waals surface area (Å²) in [6.07, 6.45) is 0. The fourth-order valence-corrected chi connectivity index (χ4v) is 2.44. The number of carbonyl (C=O) groups is 2. The van der Waals surface area contributed by atoms with Crippen LogP contribution < -0.4 is 20.1 Å². The van der Waals surface area contributed by atoms with Crippen LogP contribution in [0.25, 0.3) is 0 Å². The Morgan fingerprint density at radius 3 is 2.35 bits per heavy atom. The molecular formula is C20H24N2O4. The number of benzene rings is 2. The van der Waals surface area contributed by atoms with Gasteiger partial charge in [-0.25, -0.2) is 0 Å². The molecule has 0 aliphatic heterocycles. The van der Waals surface area contributed by atoms with E-state index in [9.17, 15) is 9.59 Å². The van der Waals surface area contributed by atoms with Gasteiger partial charge in [0.2, 0.25) is 5.91 Å². The molecule has 0 radical (unpaired) electrons.